The predicted molar refractivity (Wildman–Crippen MR) is 123 cm³/mol. The number of rotatable bonds is 6. The lowest BCUT2D eigenvalue weighted by atomic mass is 9.98. The molecule has 168 valence electrons. The van der Waals surface area contributed by atoms with Gasteiger partial charge < -0.3 is 20.1 Å². The summed E-state index contributed by atoms with van der Waals surface area (Å²) in [6.45, 7) is 2.24. The maximum absolute atomic E-state index is 12.9. The normalized spacial score (nSPS) is 18.4. The highest BCUT2D eigenvalue weighted by molar-refractivity contribution is 7.99. The Labute approximate surface area is 191 Å². The van der Waals surface area contributed by atoms with Crippen LogP contribution in [0.3, 0.4) is 0 Å². The monoisotopic (exact) mass is 454 g/mol. The lowest BCUT2D eigenvalue weighted by molar-refractivity contribution is -0.141. The minimum absolute atomic E-state index is 0.0572. The van der Waals surface area contributed by atoms with Crippen LogP contribution in [0.4, 0.5) is 4.79 Å². The van der Waals surface area contributed by atoms with Crippen LogP contribution in [-0.4, -0.2) is 64.7 Å². The van der Waals surface area contributed by atoms with Gasteiger partial charge in [0.15, 0.2) is 0 Å². The molecule has 1 aliphatic heterocycles. The van der Waals surface area contributed by atoms with Crippen LogP contribution in [0.5, 0.6) is 0 Å². The van der Waals surface area contributed by atoms with E-state index in [9.17, 15) is 14.4 Å². The van der Waals surface area contributed by atoms with Crippen LogP contribution in [0.15, 0.2) is 48.5 Å². The summed E-state index contributed by atoms with van der Waals surface area (Å²) < 4.78 is 5.52. The zero-order valence-electron chi connectivity index (χ0n) is 17.8. The number of carboxylic acid groups (broad SMARTS) is 1. The fourth-order valence-corrected chi connectivity index (χ4v) is 5.51. The van der Waals surface area contributed by atoms with Crippen LogP contribution in [0, 0.1) is 0 Å². The third kappa shape index (κ3) is 4.60. The van der Waals surface area contributed by atoms with E-state index < -0.39 is 18.1 Å². The summed E-state index contributed by atoms with van der Waals surface area (Å²) in [5.74, 6) is 0.0469. The lowest BCUT2D eigenvalue weighted by Gasteiger charge is -2.36. The average Bonchev–Trinajstić information content (AvgIpc) is 3.11. The summed E-state index contributed by atoms with van der Waals surface area (Å²) in [4.78, 5) is 38.0. The number of aliphatic carboxylic acids is 1. The molecule has 0 aromatic heterocycles. The van der Waals surface area contributed by atoms with E-state index in [1.54, 1.807) is 23.6 Å². The first kappa shape index (κ1) is 22.2. The van der Waals surface area contributed by atoms with Crippen LogP contribution in [0.2, 0.25) is 0 Å². The molecule has 1 saturated heterocycles. The van der Waals surface area contributed by atoms with Crippen molar-refractivity contribution in [2.75, 3.05) is 24.7 Å². The number of ether oxygens (including phenoxy) is 1. The number of hydrogen-bond donors (Lipinski definition) is 2. The van der Waals surface area contributed by atoms with E-state index in [0.29, 0.717) is 12.3 Å². The Morgan fingerprint density at radius 2 is 1.75 bits per heavy atom. The van der Waals surface area contributed by atoms with Crippen LogP contribution in [0.1, 0.15) is 30.4 Å². The molecule has 2 aliphatic rings. The van der Waals surface area contributed by atoms with Gasteiger partial charge in [0.2, 0.25) is 5.91 Å². The second kappa shape index (κ2) is 9.65. The molecule has 2 unspecified atom stereocenters. The third-order valence-electron chi connectivity index (χ3n) is 5.97. The van der Waals surface area contributed by atoms with E-state index in [1.165, 1.54) is 0 Å². The van der Waals surface area contributed by atoms with Gasteiger partial charge in [-0.05, 0) is 29.2 Å². The molecule has 8 heteroatoms. The first-order chi connectivity index (χ1) is 15.5. The number of benzene rings is 2. The summed E-state index contributed by atoms with van der Waals surface area (Å²) in [5, 5.41) is 11.7. The minimum Gasteiger partial charge on any atom is -0.481 e. The first-order valence-electron chi connectivity index (χ1n) is 10.7. The maximum atomic E-state index is 12.9. The van der Waals surface area contributed by atoms with Crippen molar-refractivity contribution < 1.29 is 24.2 Å². The van der Waals surface area contributed by atoms with Gasteiger partial charge in [0.1, 0.15) is 12.6 Å². The Bertz CT molecular complexity index is 981. The Hall–Kier alpha value is -3.00. The molecule has 4 rings (SSSR count). The van der Waals surface area contributed by atoms with E-state index >= 15 is 0 Å². The molecule has 2 aromatic rings. The lowest BCUT2D eigenvalue weighted by Crippen LogP contribution is -2.54. The number of nitrogens with zero attached hydrogens (tertiary/aromatic N) is 1. The molecule has 2 amide bonds. The molecule has 7 nitrogen and oxygen atoms in total. The first-order valence-corrected chi connectivity index (χ1v) is 11.8. The van der Waals surface area contributed by atoms with Crippen LogP contribution < -0.4 is 5.32 Å². The summed E-state index contributed by atoms with van der Waals surface area (Å²) >= 11 is 1.63. The Balaban J connectivity index is 1.37. The number of amides is 2. The second-order valence-corrected chi connectivity index (χ2v) is 9.20. The summed E-state index contributed by atoms with van der Waals surface area (Å²) in [6, 6.07) is 15.0. The summed E-state index contributed by atoms with van der Waals surface area (Å²) in [7, 11) is 0. The molecule has 2 aromatic carbocycles. The highest BCUT2D eigenvalue weighted by atomic mass is 32.2. The Kier molecular flexibility index (Phi) is 6.69. The van der Waals surface area contributed by atoms with Gasteiger partial charge in [-0.1, -0.05) is 48.5 Å². The fourth-order valence-electron chi connectivity index (χ4n) is 4.44. The molecule has 0 bridgehead atoms. The highest BCUT2D eigenvalue weighted by Gasteiger charge is 2.33. The molecule has 1 fully saturated rings. The van der Waals surface area contributed by atoms with Crippen molar-refractivity contribution in [1.29, 1.82) is 0 Å². The molecule has 32 heavy (non-hydrogen) atoms. The highest BCUT2D eigenvalue weighted by Crippen LogP contribution is 2.44. The van der Waals surface area contributed by atoms with Gasteiger partial charge in [0, 0.05) is 24.0 Å². The zero-order chi connectivity index (χ0) is 22.7. The predicted octanol–water partition coefficient (Wildman–Crippen LogP) is 3.33. The zero-order valence-corrected chi connectivity index (χ0v) is 18.6. The average molecular weight is 455 g/mol. The number of fused-ring (bicyclic) bond motifs is 3. The van der Waals surface area contributed by atoms with Crippen molar-refractivity contribution in [3.63, 3.8) is 0 Å². The quantitative estimate of drug-likeness (QED) is 0.695. The number of alkyl carbamates (subject to hydrolysis) is 1. The van der Waals surface area contributed by atoms with Gasteiger partial charge in [-0.25, -0.2) is 4.79 Å². The molecule has 2 N–H and O–H groups in total. The third-order valence-corrected chi connectivity index (χ3v) is 7.06. The Morgan fingerprint density at radius 1 is 1.12 bits per heavy atom. The van der Waals surface area contributed by atoms with E-state index in [1.807, 2.05) is 36.4 Å². The standard InChI is InChI=1S/C24H26N2O5S/c1-15(23(29)26-10-11-32-14-16(26)12-22(27)28)25-24(30)31-13-21-19-8-4-2-6-17(19)18-7-3-5-9-20(18)21/h2-9,15-16,21H,10-14H2,1H3,(H,25,30)(H,27,28). The molecule has 2 atom stereocenters. The van der Waals surface area contributed by atoms with Gasteiger partial charge in [0.25, 0.3) is 0 Å². The van der Waals surface area contributed by atoms with E-state index in [0.717, 1.165) is 28.0 Å². The van der Waals surface area contributed by atoms with Crippen LogP contribution >= 0.6 is 11.8 Å². The van der Waals surface area contributed by atoms with E-state index in [2.05, 4.69) is 17.4 Å². The topological polar surface area (TPSA) is 95.9 Å². The second-order valence-electron chi connectivity index (χ2n) is 8.05. The number of carbonyl (C=O) groups is 3. The smallest absolute Gasteiger partial charge is 0.407 e. The van der Waals surface area contributed by atoms with Crippen molar-refractivity contribution in [1.82, 2.24) is 10.2 Å². The number of hydrogen-bond acceptors (Lipinski definition) is 5. The van der Waals surface area contributed by atoms with Gasteiger partial charge in [-0.3, -0.25) is 9.59 Å². The molecule has 0 saturated carbocycles. The largest absolute Gasteiger partial charge is 0.481 e. The number of thioether (sulfide) groups is 1. The SMILES string of the molecule is CC(NC(=O)OCC1c2ccccc2-c2ccccc21)C(=O)N1CCSCC1CC(=O)O. The molecule has 0 radical (unpaired) electrons. The molecular formula is C24H26N2O5S. The van der Waals surface area contributed by atoms with Crippen molar-refractivity contribution in [2.24, 2.45) is 0 Å². The summed E-state index contributed by atoms with van der Waals surface area (Å²) in [5.41, 5.74) is 4.53. The van der Waals surface area contributed by atoms with Crippen LogP contribution in [-0.2, 0) is 14.3 Å². The van der Waals surface area contributed by atoms with Gasteiger partial charge in [-0.15, -0.1) is 0 Å². The Morgan fingerprint density at radius 3 is 2.38 bits per heavy atom. The van der Waals surface area contributed by atoms with Crippen LogP contribution in [0.25, 0.3) is 11.1 Å². The van der Waals surface area contributed by atoms with E-state index in [4.69, 9.17) is 9.84 Å². The maximum Gasteiger partial charge on any atom is 0.407 e. The fraction of sp³-hybridized carbons (Fsp3) is 0.375. The van der Waals surface area contributed by atoms with Gasteiger partial charge in [0.05, 0.1) is 12.5 Å². The number of carbonyl (C=O) groups excluding carboxylic acids is 2. The van der Waals surface area contributed by atoms with E-state index in [-0.39, 0.29) is 30.9 Å². The molecular weight excluding hydrogens is 428 g/mol. The molecule has 1 aliphatic carbocycles. The molecule has 0 spiro atoms. The van der Waals surface area contributed by atoms with Gasteiger partial charge in [-0.2, -0.15) is 11.8 Å². The van der Waals surface area contributed by atoms with Crippen molar-refractivity contribution >= 4 is 29.7 Å². The van der Waals surface area contributed by atoms with Gasteiger partial charge >= 0.3 is 12.1 Å². The van der Waals surface area contributed by atoms with Crippen molar-refractivity contribution in [3.8, 4) is 11.1 Å². The number of carboxylic acids is 1. The minimum atomic E-state index is -0.938. The van der Waals surface area contributed by atoms with Crippen molar-refractivity contribution in [2.45, 2.75) is 31.3 Å². The summed E-state index contributed by atoms with van der Waals surface area (Å²) in [6.07, 6.45) is -0.759. The number of nitrogens with one attached hydrogen (secondary N) is 1. The van der Waals surface area contributed by atoms with Crippen molar-refractivity contribution in [3.05, 3.63) is 59.7 Å². The molecule has 1 heterocycles.